The van der Waals surface area contributed by atoms with E-state index in [1.54, 1.807) is 36.7 Å². The minimum absolute atomic E-state index is 0.183. The minimum atomic E-state index is -0.183. The molecule has 3 heterocycles. The van der Waals surface area contributed by atoms with Gasteiger partial charge < -0.3 is 14.5 Å². The number of likely N-dealkylation sites (tertiary alicyclic amines) is 1. The zero-order chi connectivity index (χ0) is 22.6. The van der Waals surface area contributed by atoms with Crippen molar-refractivity contribution in [3.8, 4) is 17.5 Å². The summed E-state index contributed by atoms with van der Waals surface area (Å²) < 4.78 is 11.8. The molecule has 168 valence electrons. The Morgan fingerprint density at radius 3 is 2.64 bits per heavy atom. The van der Waals surface area contributed by atoms with Crippen molar-refractivity contribution in [2.75, 3.05) is 19.7 Å². The molecule has 0 amide bonds. The molecule has 0 spiro atoms. The first-order chi connectivity index (χ1) is 16.2. The summed E-state index contributed by atoms with van der Waals surface area (Å²) in [5.74, 6) is 1.31. The van der Waals surface area contributed by atoms with Gasteiger partial charge in [0.2, 0.25) is 5.78 Å². The van der Waals surface area contributed by atoms with Gasteiger partial charge in [0.05, 0.1) is 11.0 Å². The average molecular weight is 444 g/mol. The number of para-hydroxylation sites is 2. The highest BCUT2D eigenvalue weighted by Gasteiger charge is 2.20. The zero-order valence-electron chi connectivity index (χ0n) is 18.4. The molecule has 5 rings (SSSR count). The van der Waals surface area contributed by atoms with Crippen LogP contribution in [0.15, 0.2) is 60.9 Å². The van der Waals surface area contributed by atoms with Crippen LogP contribution in [0, 0.1) is 0 Å². The van der Waals surface area contributed by atoms with Crippen LogP contribution in [0.2, 0.25) is 0 Å². The lowest BCUT2D eigenvalue weighted by atomic mass is 10.1. The van der Waals surface area contributed by atoms with E-state index in [0.29, 0.717) is 41.5 Å². The Labute approximate surface area is 191 Å². The van der Waals surface area contributed by atoms with Gasteiger partial charge in [-0.05, 0) is 62.7 Å². The van der Waals surface area contributed by atoms with Gasteiger partial charge in [-0.1, -0.05) is 12.1 Å². The molecule has 1 atom stereocenters. The third-order valence-corrected chi connectivity index (χ3v) is 5.88. The van der Waals surface area contributed by atoms with Crippen molar-refractivity contribution < 1.29 is 14.3 Å². The van der Waals surface area contributed by atoms with Crippen LogP contribution in [0.5, 0.6) is 17.5 Å². The van der Waals surface area contributed by atoms with Crippen LogP contribution in [0.4, 0.5) is 0 Å². The third kappa shape index (κ3) is 4.70. The van der Waals surface area contributed by atoms with Crippen LogP contribution in [-0.2, 0) is 0 Å². The summed E-state index contributed by atoms with van der Waals surface area (Å²) in [7, 11) is 0. The van der Waals surface area contributed by atoms with E-state index < -0.39 is 0 Å². The molecule has 0 aliphatic carbocycles. The van der Waals surface area contributed by atoms with Crippen LogP contribution in [0.3, 0.4) is 0 Å². The summed E-state index contributed by atoms with van der Waals surface area (Å²) in [4.78, 5) is 31.2. The Morgan fingerprint density at radius 1 is 1.09 bits per heavy atom. The minimum Gasteiger partial charge on any atom is -0.472 e. The number of imidazole rings is 1. The standard InChI is InChI=1S/C25H25N5O3/c1-17-5-4-14-30(17)15-16-32-24-25(27-13-12-26-24)33-19-10-8-18(9-11-19)22(31)23-28-20-6-2-3-7-21(20)29-23/h2-3,6-13,17H,4-5,14-16H2,1H3,(H,28,29). The van der Waals surface area contributed by atoms with E-state index in [9.17, 15) is 4.79 Å². The van der Waals surface area contributed by atoms with Gasteiger partial charge in [-0.15, -0.1) is 0 Å². The molecule has 8 heteroatoms. The van der Waals surface area contributed by atoms with Gasteiger partial charge in [0, 0.05) is 30.5 Å². The number of hydrogen-bond donors (Lipinski definition) is 1. The van der Waals surface area contributed by atoms with E-state index in [1.807, 2.05) is 24.3 Å². The van der Waals surface area contributed by atoms with Gasteiger partial charge in [-0.2, -0.15) is 0 Å². The molecule has 0 saturated carbocycles. The number of rotatable bonds is 8. The van der Waals surface area contributed by atoms with Gasteiger partial charge in [0.1, 0.15) is 12.4 Å². The maximum Gasteiger partial charge on any atom is 0.283 e. The molecule has 2 aromatic carbocycles. The normalized spacial score (nSPS) is 16.2. The second-order valence-electron chi connectivity index (χ2n) is 8.10. The Balaban J connectivity index is 1.24. The first-order valence-corrected chi connectivity index (χ1v) is 11.1. The SMILES string of the molecule is CC1CCCN1CCOc1nccnc1Oc1ccc(C(=O)c2nc3ccccc3[nH]2)cc1. The molecule has 1 aliphatic heterocycles. The van der Waals surface area contributed by atoms with Crippen LogP contribution in [0.25, 0.3) is 11.0 Å². The van der Waals surface area contributed by atoms with E-state index in [0.717, 1.165) is 24.1 Å². The largest absolute Gasteiger partial charge is 0.472 e. The van der Waals surface area contributed by atoms with Crippen molar-refractivity contribution in [2.24, 2.45) is 0 Å². The molecular weight excluding hydrogens is 418 g/mol. The van der Waals surface area contributed by atoms with E-state index in [2.05, 4.69) is 31.8 Å². The van der Waals surface area contributed by atoms with Crippen LogP contribution in [0.1, 0.15) is 35.9 Å². The van der Waals surface area contributed by atoms with Gasteiger partial charge in [-0.3, -0.25) is 9.69 Å². The van der Waals surface area contributed by atoms with E-state index in [-0.39, 0.29) is 5.78 Å². The van der Waals surface area contributed by atoms with Gasteiger partial charge in [0.25, 0.3) is 11.8 Å². The van der Waals surface area contributed by atoms with Crippen molar-refractivity contribution in [3.05, 3.63) is 72.3 Å². The fourth-order valence-electron chi connectivity index (χ4n) is 4.05. The molecule has 33 heavy (non-hydrogen) atoms. The second kappa shape index (κ2) is 9.38. The zero-order valence-corrected chi connectivity index (χ0v) is 18.4. The number of ether oxygens (including phenoxy) is 2. The molecule has 0 bridgehead atoms. The fourth-order valence-corrected chi connectivity index (χ4v) is 4.05. The summed E-state index contributed by atoms with van der Waals surface area (Å²) in [6, 6.07) is 15.0. The predicted octanol–water partition coefficient (Wildman–Crippen LogP) is 4.24. The summed E-state index contributed by atoms with van der Waals surface area (Å²) >= 11 is 0. The van der Waals surface area contributed by atoms with Crippen molar-refractivity contribution in [1.29, 1.82) is 0 Å². The number of nitrogens with zero attached hydrogens (tertiary/aromatic N) is 4. The molecule has 0 radical (unpaired) electrons. The lowest BCUT2D eigenvalue weighted by molar-refractivity contribution is 0.103. The number of nitrogens with one attached hydrogen (secondary N) is 1. The lowest BCUT2D eigenvalue weighted by Gasteiger charge is -2.20. The van der Waals surface area contributed by atoms with E-state index in [1.165, 1.54) is 12.8 Å². The number of carbonyl (C=O) groups excluding carboxylic acids is 1. The number of benzene rings is 2. The number of aromatic nitrogens is 4. The smallest absolute Gasteiger partial charge is 0.283 e. The molecule has 1 unspecified atom stereocenters. The summed E-state index contributed by atoms with van der Waals surface area (Å²) in [5, 5.41) is 0. The number of carbonyl (C=O) groups is 1. The quantitative estimate of drug-likeness (QED) is 0.407. The molecule has 2 aromatic heterocycles. The van der Waals surface area contributed by atoms with Crippen molar-refractivity contribution in [3.63, 3.8) is 0 Å². The third-order valence-electron chi connectivity index (χ3n) is 5.88. The molecule has 1 fully saturated rings. The highest BCUT2D eigenvalue weighted by atomic mass is 16.5. The number of H-pyrrole nitrogens is 1. The molecule has 4 aromatic rings. The number of aromatic amines is 1. The molecule has 1 N–H and O–H groups in total. The predicted molar refractivity (Wildman–Crippen MR) is 124 cm³/mol. The average Bonchev–Trinajstić information content (AvgIpc) is 3.46. The number of ketones is 1. The summed E-state index contributed by atoms with van der Waals surface area (Å²) in [5.41, 5.74) is 2.10. The summed E-state index contributed by atoms with van der Waals surface area (Å²) in [6.45, 7) is 4.71. The number of fused-ring (bicyclic) bond motifs is 1. The Kier molecular flexibility index (Phi) is 5.99. The molecule has 1 saturated heterocycles. The Morgan fingerprint density at radius 2 is 1.88 bits per heavy atom. The monoisotopic (exact) mass is 443 g/mol. The van der Waals surface area contributed by atoms with Crippen LogP contribution < -0.4 is 9.47 Å². The van der Waals surface area contributed by atoms with Crippen molar-refractivity contribution in [1.82, 2.24) is 24.8 Å². The maximum atomic E-state index is 12.8. The fraction of sp³-hybridized carbons (Fsp3) is 0.280. The second-order valence-corrected chi connectivity index (χ2v) is 8.10. The topological polar surface area (TPSA) is 93.2 Å². The highest BCUT2D eigenvalue weighted by Crippen LogP contribution is 2.27. The Hall–Kier alpha value is -3.78. The highest BCUT2D eigenvalue weighted by molar-refractivity contribution is 6.08. The lowest BCUT2D eigenvalue weighted by Crippen LogP contribution is -2.31. The van der Waals surface area contributed by atoms with Gasteiger partial charge in [-0.25, -0.2) is 15.0 Å². The number of hydrogen-bond acceptors (Lipinski definition) is 7. The molecular formula is C25H25N5O3. The van der Waals surface area contributed by atoms with Gasteiger partial charge >= 0.3 is 0 Å². The van der Waals surface area contributed by atoms with E-state index in [4.69, 9.17) is 9.47 Å². The molecule has 8 nitrogen and oxygen atoms in total. The van der Waals surface area contributed by atoms with E-state index >= 15 is 0 Å². The van der Waals surface area contributed by atoms with Crippen LogP contribution >= 0.6 is 0 Å². The summed E-state index contributed by atoms with van der Waals surface area (Å²) in [6.07, 6.45) is 5.60. The first-order valence-electron chi connectivity index (χ1n) is 11.1. The molecule has 1 aliphatic rings. The van der Waals surface area contributed by atoms with Crippen molar-refractivity contribution in [2.45, 2.75) is 25.8 Å². The maximum absolute atomic E-state index is 12.8. The van der Waals surface area contributed by atoms with Gasteiger partial charge in [0.15, 0.2) is 5.82 Å². The Bertz CT molecular complexity index is 1220. The van der Waals surface area contributed by atoms with Crippen LogP contribution in [-0.4, -0.2) is 56.4 Å². The first kappa shape index (κ1) is 21.1. The van der Waals surface area contributed by atoms with Crippen molar-refractivity contribution >= 4 is 16.8 Å².